The average Bonchev–Trinajstić information content (AvgIpc) is 2.92. The Balaban J connectivity index is 1.74. The van der Waals surface area contributed by atoms with Gasteiger partial charge in [0, 0.05) is 24.5 Å². The molecule has 0 fully saturated rings. The SMILES string of the molecule is CC(=O)O[C@@H](C(=O)O[C@H]1Cc2ccccc2N(C(N)=O)c2ccccc21)c1ccccc1. The van der Waals surface area contributed by atoms with Gasteiger partial charge in [-0.3, -0.25) is 9.69 Å². The lowest BCUT2D eigenvalue weighted by Crippen LogP contribution is -2.32. The van der Waals surface area contributed by atoms with E-state index in [0.29, 0.717) is 28.9 Å². The Morgan fingerprint density at radius 1 is 0.906 bits per heavy atom. The van der Waals surface area contributed by atoms with Crippen molar-refractivity contribution in [2.24, 2.45) is 5.73 Å². The smallest absolute Gasteiger partial charge is 0.352 e. The van der Waals surface area contributed by atoms with Crippen LogP contribution in [0.1, 0.15) is 35.8 Å². The fraction of sp³-hybridized carbons (Fsp3) is 0.160. The van der Waals surface area contributed by atoms with Crippen molar-refractivity contribution >= 4 is 29.3 Å². The van der Waals surface area contributed by atoms with Crippen LogP contribution in [0.3, 0.4) is 0 Å². The molecule has 0 aromatic heterocycles. The largest absolute Gasteiger partial charge is 0.454 e. The highest BCUT2D eigenvalue weighted by Crippen LogP contribution is 2.41. The van der Waals surface area contributed by atoms with Crippen molar-refractivity contribution < 1.29 is 23.9 Å². The Morgan fingerprint density at radius 3 is 2.22 bits per heavy atom. The molecule has 3 aromatic rings. The zero-order valence-electron chi connectivity index (χ0n) is 17.4. The molecule has 0 aliphatic carbocycles. The number of esters is 2. The second-order valence-corrected chi connectivity index (χ2v) is 7.39. The van der Waals surface area contributed by atoms with E-state index in [4.69, 9.17) is 15.2 Å². The molecule has 0 bridgehead atoms. The maximum atomic E-state index is 13.2. The molecule has 0 saturated carbocycles. The topological polar surface area (TPSA) is 98.9 Å². The van der Waals surface area contributed by atoms with Gasteiger partial charge in [0.25, 0.3) is 0 Å². The van der Waals surface area contributed by atoms with Crippen LogP contribution in [0.25, 0.3) is 0 Å². The number of hydrogen-bond donors (Lipinski definition) is 1. The van der Waals surface area contributed by atoms with E-state index in [0.717, 1.165) is 5.56 Å². The van der Waals surface area contributed by atoms with E-state index >= 15 is 0 Å². The van der Waals surface area contributed by atoms with Gasteiger partial charge in [0.15, 0.2) is 0 Å². The molecule has 7 nitrogen and oxygen atoms in total. The number of amides is 2. The van der Waals surface area contributed by atoms with Gasteiger partial charge in [-0.2, -0.15) is 0 Å². The van der Waals surface area contributed by atoms with Crippen molar-refractivity contribution in [1.82, 2.24) is 0 Å². The summed E-state index contributed by atoms with van der Waals surface area (Å²) in [5.74, 6) is -1.29. The number of rotatable bonds is 4. The maximum Gasteiger partial charge on any atom is 0.352 e. The number of anilines is 2. The molecule has 0 spiro atoms. The normalized spacial score (nSPS) is 15.5. The number of carbonyl (C=O) groups is 3. The number of primary amides is 1. The zero-order valence-corrected chi connectivity index (χ0v) is 17.4. The molecule has 0 saturated heterocycles. The molecule has 1 aliphatic rings. The third-order valence-electron chi connectivity index (χ3n) is 5.24. The summed E-state index contributed by atoms with van der Waals surface area (Å²) in [6, 6.07) is 22.5. The van der Waals surface area contributed by atoms with Gasteiger partial charge < -0.3 is 15.2 Å². The molecule has 2 N–H and O–H groups in total. The van der Waals surface area contributed by atoms with Gasteiger partial charge in [0.1, 0.15) is 6.10 Å². The number of nitrogens with zero attached hydrogens (tertiary/aromatic N) is 1. The first-order chi connectivity index (χ1) is 15.5. The van der Waals surface area contributed by atoms with Crippen LogP contribution in [0.5, 0.6) is 0 Å². The molecule has 1 aliphatic heterocycles. The molecule has 0 radical (unpaired) electrons. The van der Waals surface area contributed by atoms with Crippen LogP contribution < -0.4 is 10.6 Å². The van der Waals surface area contributed by atoms with Gasteiger partial charge in [-0.15, -0.1) is 0 Å². The molecular weight excluding hydrogens is 408 g/mol. The van der Waals surface area contributed by atoms with Crippen LogP contribution in [-0.4, -0.2) is 18.0 Å². The first-order valence-electron chi connectivity index (χ1n) is 10.1. The fourth-order valence-corrected chi connectivity index (χ4v) is 3.90. The van der Waals surface area contributed by atoms with Gasteiger partial charge in [0.2, 0.25) is 6.10 Å². The van der Waals surface area contributed by atoms with Crippen molar-refractivity contribution in [3.05, 3.63) is 95.6 Å². The highest BCUT2D eigenvalue weighted by Gasteiger charge is 2.34. The van der Waals surface area contributed by atoms with Crippen LogP contribution >= 0.6 is 0 Å². The summed E-state index contributed by atoms with van der Waals surface area (Å²) < 4.78 is 11.2. The van der Waals surface area contributed by atoms with E-state index < -0.39 is 30.2 Å². The second kappa shape index (κ2) is 8.93. The first-order valence-corrected chi connectivity index (χ1v) is 10.1. The second-order valence-electron chi connectivity index (χ2n) is 7.39. The molecule has 32 heavy (non-hydrogen) atoms. The number of hydrogen-bond acceptors (Lipinski definition) is 5. The molecule has 7 heteroatoms. The third kappa shape index (κ3) is 4.18. The van der Waals surface area contributed by atoms with Crippen molar-refractivity contribution in [2.75, 3.05) is 4.90 Å². The Labute approximate surface area is 185 Å². The summed E-state index contributed by atoms with van der Waals surface area (Å²) in [4.78, 5) is 38.6. The van der Waals surface area contributed by atoms with Crippen molar-refractivity contribution in [1.29, 1.82) is 0 Å². The monoisotopic (exact) mass is 430 g/mol. The van der Waals surface area contributed by atoms with Crippen LogP contribution in [0.15, 0.2) is 78.9 Å². The van der Waals surface area contributed by atoms with Crippen molar-refractivity contribution in [2.45, 2.75) is 25.6 Å². The van der Waals surface area contributed by atoms with Crippen molar-refractivity contribution in [3.63, 3.8) is 0 Å². The van der Waals surface area contributed by atoms with E-state index in [1.165, 1.54) is 11.8 Å². The highest BCUT2D eigenvalue weighted by molar-refractivity contribution is 6.00. The molecule has 2 atom stereocenters. The molecule has 1 heterocycles. The summed E-state index contributed by atoms with van der Waals surface area (Å²) in [5.41, 5.74) is 8.81. The predicted molar refractivity (Wildman–Crippen MR) is 118 cm³/mol. The Bertz CT molecular complexity index is 1160. The van der Waals surface area contributed by atoms with E-state index in [1.54, 1.807) is 60.7 Å². The van der Waals surface area contributed by atoms with Crippen LogP contribution in [0, 0.1) is 0 Å². The lowest BCUT2D eigenvalue weighted by Gasteiger charge is -2.24. The van der Waals surface area contributed by atoms with Gasteiger partial charge in [-0.25, -0.2) is 9.59 Å². The maximum absolute atomic E-state index is 13.2. The van der Waals surface area contributed by atoms with Crippen LogP contribution in [0.4, 0.5) is 16.2 Å². The van der Waals surface area contributed by atoms with E-state index in [2.05, 4.69) is 0 Å². The fourth-order valence-electron chi connectivity index (χ4n) is 3.90. The minimum atomic E-state index is -1.20. The number of fused-ring (bicyclic) bond motifs is 2. The van der Waals surface area contributed by atoms with E-state index in [9.17, 15) is 14.4 Å². The third-order valence-corrected chi connectivity index (χ3v) is 5.24. The average molecular weight is 430 g/mol. The first kappa shape index (κ1) is 21.1. The van der Waals surface area contributed by atoms with Crippen LogP contribution in [0.2, 0.25) is 0 Å². The molecule has 0 unspecified atom stereocenters. The Morgan fingerprint density at radius 2 is 1.53 bits per heavy atom. The van der Waals surface area contributed by atoms with Gasteiger partial charge in [-0.05, 0) is 17.7 Å². The molecular formula is C25H22N2O5. The number of urea groups is 1. The summed E-state index contributed by atoms with van der Waals surface area (Å²) in [6.45, 7) is 1.24. The summed E-state index contributed by atoms with van der Waals surface area (Å²) >= 11 is 0. The number of carbonyl (C=O) groups excluding carboxylic acids is 3. The quantitative estimate of drug-likeness (QED) is 0.621. The van der Waals surface area contributed by atoms with Crippen LogP contribution in [-0.2, 0) is 25.5 Å². The van der Waals surface area contributed by atoms with E-state index in [1.807, 2.05) is 18.2 Å². The Kier molecular flexibility index (Phi) is 5.89. The number of ether oxygens (including phenoxy) is 2. The summed E-state index contributed by atoms with van der Waals surface area (Å²) in [7, 11) is 0. The standard InChI is InChI=1S/C25H22N2O5/c1-16(28)31-23(17-9-3-2-4-10-17)24(29)32-22-15-18-11-5-7-13-20(18)27(25(26)30)21-14-8-6-12-19(21)22/h2-14,22-23H,15H2,1H3,(H2,26,30)/t22-,23+/m0/s1. The summed E-state index contributed by atoms with van der Waals surface area (Å²) in [6.07, 6.45) is -1.60. The lowest BCUT2D eigenvalue weighted by atomic mass is 10.0. The van der Waals surface area contributed by atoms with Gasteiger partial charge >= 0.3 is 18.0 Å². The van der Waals surface area contributed by atoms with Gasteiger partial charge in [-0.1, -0.05) is 66.7 Å². The predicted octanol–water partition coefficient (Wildman–Crippen LogP) is 4.35. The number of nitrogens with two attached hydrogens (primary N) is 1. The molecule has 3 aromatic carbocycles. The Hall–Kier alpha value is -4.13. The minimum Gasteiger partial charge on any atom is -0.454 e. The zero-order chi connectivity index (χ0) is 22.7. The van der Waals surface area contributed by atoms with Gasteiger partial charge in [0.05, 0.1) is 11.4 Å². The molecule has 2 amide bonds. The highest BCUT2D eigenvalue weighted by atomic mass is 16.6. The lowest BCUT2D eigenvalue weighted by molar-refractivity contribution is -0.171. The molecule has 4 rings (SSSR count). The molecule has 162 valence electrons. The minimum absolute atomic E-state index is 0.324. The number of benzene rings is 3. The number of para-hydroxylation sites is 2. The summed E-state index contributed by atoms with van der Waals surface area (Å²) in [5, 5.41) is 0. The van der Waals surface area contributed by atoms with Crippen molar-refractivity contribution in [3.8, 4) is 0 Å². The van der Waals surface area contributed by atoms with E-state index in [-0.39, 0.29) is 0 Å².